The number of rotatable bonds is 10. The van der Waals surface area contributed by atoms with Gasteiger partial charge in [-0.25, -0.2) is 0 Å². The van der Waals surface area contributed by atoms with Gasteiger partial charge in [-0.2, -0.15) is 4.98 Å². The van der Waals surface area contributed by atoms with Gasteiger partial charge < -0.3 is 24.4 Å². The van der Waals surface area contributed by atoms with Crippen LogP contribution in [0.15, 0.2) is 39.9 Å². The smallest absolute Gasteiger partial charge is 0.258 e. The van der Waals surface area contributed by atoms with Crippen LogP contribution < -0.4 is 14.8 Å². The molecule has 1 aromatic heterocycles. The highest BCUT2D eigenvalue weighted by molar-refractivity contribution is 5.77. The molecule has 156 valence electrons. The Morgan fingerprint density at radius 2 is 1.97 bits per heavy atom. The van der Waals surface area contributed by atoms with Gasteiger partial charge in [0.1, 0.15) is 0 Å². The Labute approximate surface area is 171 Å². The Bertz CT molecular complexity index is 886. The van der Waals surface area contributed by atoms with Crippen molar-refractivity contribution in [2.45, 2.75) is 33.6 Å². The van der Waals surface area contributed by atoms with Gasteiger partial charge in [0.25, 0.3) is 5.89 Å². The predicted octanol–water partition coefficient (Wildman–Crippen LogP) is 3.61. The lowest BCUT2D eigenvalue weighted by Crippen LogP contribution is -2.22. The average molecular weight is 399 g/mol. The second-order valence-corrected chi connectivity index (χ2v) is 6.74. The summed E-state index contributed by atoms with van der Waals surface area (Å²) in [7, 11) is 0. The molecule has 1 heterocycles. The molecule has 7 nitrogen and oxygen atoms in total. The normalized spacial score (nSPS) is 14.1. The fraction of sp³-hybridized carbons (Fsp3) is 0.455. The van der Waals surface area contributed by atoms with E-state index in [1.165, 1.54) is 5.57 Å². The largest absolute Gasteiger partial charge is 0.490 e. The van der Waals surface area contributed by atoms with E-state index in [1.807, 2.05) is 32.0 Å². The minimum absolute atomic E-state index is 0.134. The Balaban J connectivity index is 1.83. The van der Waals surface area contributed by atoms with Crippen molar-refractivity contribution < 1.29 is 19.1 Å². The van der Waals surface area contributed by atoms with Crippen LogP contribution in [0.5, 0.6) is 11.5 Å². The second-order valence-electron chi connectivity index (χ2n) is 6.74. The van der Waals surface area contributed by atoms with E-state index in [0.717, 1.165) is 36.1 Å². The number of hydrogen-bond acceptors (Lipinski definition) is 7. The van der Waals surface area contributed by atoms with E-state index in [1.54, 1.807) is 0 Å². The van der Waals surface area contributed by atoms with Crippen molar-refractivity contribution in [1.82, 2.24) is 15.5 Å². The first kappa shape index (κ1) is 21.1. The highest BCUT2D eigenvalue weighted by Crippen LogP contribution is 2.34. The van der Waals surface area contributed by atoms with Crippen molar-refractivity contribution in [3.63, 3.8) is 0 Å². The molecule has 0 saturated carbocycles. The zero-order chi connectivity index (χ0) is 20.6. The van der Waals surface area contributed by atoms with Crippen LogP contribution in [0.4, 0.5) is 0 Å². The minimum Gasteiger partial charge on any atom is -0.490 e. The van der Waals surface area contributed by atoms with Gasteiger partial charge in [0.15, 0.2) is 11.5 Å². The van der Waals surface area contributed by atoms with Crippen molar-refractivity contribution >= 4 is 5.57 Å². The van der Waals surface area contributed by atoms with Crippen LogP contribution in [-0.2, 0) is 0 Å². The summed E-state index contributed by atoms with van der Waals surface area (Å²) in [6.07, 6.45) is 4.09. The highest BCUT2D eigenvalue weighted by atomic mass is 16.5. The Hall–Kier alpha value is -2.64. The molecule has 1 aliphatic rings. The van der Waals surface area contributed by atoms with Crippen molar-refractivity contribution in [2.24, 2.45) is 0 Å². The van der Waals surface area contributed by atoms with Gasteiger partial charge in [0.05, 0.1) is 19.8 Å². The van der Waals surface area contributed by atoms with Gasteiger partial charge in [-0.1, -0.05) is 16.8 Å². The van der Waals surface area contributed by atoms with Crippen LogP contribution >= 0.6 is 0 Å². The zero-order valence-electron chi connectivity index (χ0n) is 17.3. The number of benzene rings is 1. The van der Waals surface area contributed by atoms with Gasteiger partial charge in [-0.15, -0.1) is 0 Å². The Morgan fingerprint density at radius 1 is 1.17 bits per heavy atom. The van der Waals surface area contributed by atoms with Crippen LogP contribution in [-0.4, -0.2) is 48.2 Å². The van der Waals surface area contributed by atoms with Crippen molar-refractivity contribution in [1.29, 1.82) is 0 Å². The molecule has 0 amide bonds. The molecule has 0 fully saturated rings. The van der Waals surface area contributed by atoms with E-state index in [4.69, 9.17) is 19.1 Å². The third kappa shape index (κ3) is 5.05. The number of aliphatic hydroxyl groups is 1. The fourth-order valence-corrected chi connectivity index (χ4v) is 3.35. The molecular formula is C22H29N3O4. The number of nitrogens with one attached hydrogen (secondary N) is 1. The maximum Gasteiger partial charge on any atom is 0.258 e. The standard InChI is InChI=1S/C22H29N3O4/c1-4-27-19-10-9-16(13-20(19)28-5-2)22-24-21(25-29-22)18-8-6-7-17(15(18)3)14-23-11-12-26/h8-10,13,23,26H,4-7,11-12,14H2,1-3H3. The maximum absolute atomic E-state index is 8.96. The van der Waals surface area contributed by atoms with E-state index in [2.05, 4.69) is 28.5 Å². The number of ether oxygens (including phenoxy) is 2. The quantitative estimate of drug-likeness (QED) is 0.590. The van der Waals surface area contributed by atoms with E-state index in [-0.39, 0.29) is 6.61 Å². The number of allylic oxidation sites excluding steroid dienone is 3. The molecule has 1 aliphatic carbocycles. The number of aromatic nitrogens is 2. The molecule has 0 aliphatic heterocycles. The Morgan fingerprint density at radius 3 is 2.72 bits per heavy atom. The molecule has 0 saturated heterocycles. The van der Waals surface area contributed by atoms with Gasteiger partial charge in [-0.05, 0) is 57.4 Å². The highest BCUT2D eigenvalue weighted by Gasteiger charge is 2.20. The lowest BCUT2D eigenvalue weighted by molar-refractivity contribution is 0.288. The third-order valence-corrected chi connectivity index (χ3v) is 4.81. The van der Waals surface area contributed by atoms with Crippen LogP contribution in [0.3, 0.4) is 0 Å². The van der Waals surface area contributed by atoms with Crippen LogP contribution in [0.1, 0.15) is 39.4 Å². The van der Waals surface area contributed by atoms with Crippen molar-refractivity contribution in [3.8, 4) is 23.0 Å². The molecular weight excluding hydrogens is 370 g/mol. The van der Waals surface area contributed by atoms with Crippen LogP contribution in [0.25, 0.3) is 17.0 Å². The van der Waals surface area contributed by atoms with Gasteiger partial charge in [0, 0.05) is 24.2 Å². The summed E-state index contributed by atoms with van der Waals surface area (Å²) in [6.45, 7) is 8.55. The summed E-state index contributed by atoms with van der Waals surface area (Å²) in [4.78, 5) is 4.63. The summed E-state index contributed by atoms with van der Waals surface area (Å²) in [5, 5.41) is 16.4. The molecule has 0 unspecified atom stereocenters. The molecule has 0 atom stereocenters. The van der Waals surface area contributed by atoms with E-state index < -0.39 is 0 Å². The number of nitrogens with zero attached hydrogens (tertiary/aromatic N) is 2. The van der Waals surface area contributed by atoms with Gasteiger partial charge in [-0.3, -0.25) is 0 Å². The molecule has 1 aromatic carbocycles. The van der Waals surface area contributed by atoms with Gasteiger partial charge >= 0.3 is 0 Å². The number of hydrogen-bond donors (Lipinski definition) is 2. The zero-order valence-corrected chi connectivity index (χ0v) is 17.3. The Kier molecular flexibility index (Phi) is 7.43. The summed E-state index contributed by atoms with van der Waals surface area (Å²) in [6, 6.07) is 5.63. The molecule has 2 aromatic rings. The first-order valence-corrected chi connectivity index (χ1v) is 10.1. The second kappa shape index (κ2) is 10.2. The first-order chi connectivity index (χ1) is 14.2. The molecule has 7 heteroatoms. The van der Waals surface area contributed by atoms with E-state index in [9.17, 15) is 0 Å². The molecule has 2 N–H and O–H groups in total. The molecule has 0 spiro atoms. The molecule has 29 heavy (non-hydrogen) atoms. The summed E-state index contributed by atoms with van der Waals surface area (Å²) in [5.74, 6) is 2.40. The van der Waals surface area contributed by atoms with Crippen LogP contribution in [0.2, 0.25) is 0 Å². The van der Waals surface area contributed by atoms with Gasteiger partial charge in [0.2, 0.25) is 5.82 Å². The summed E-state index contributed by atoms with van der Waals surface area (Å²) < 4.78 is 16.9. The third-order valence-electron chi connectivity index (χ3n) is 4.81. The molecule has 0 bridgehead atoms. The fourth-order valence-electron chi connectivity index (χ4n) is 3.35. The maximum atomic E-state index is 8.96. The van der Waals surface area contributed by atoms with E-state index >= 15 is 0 Å². The van der Waals surface area contributed by atoms with E-state index in [0.29, 0.717) is 43.0 Å². The lowest BCUT2D eigenvalue weighted by Gasteiger charge is -2.18. The average Bonchev–Trinajstić information content (AvgIpc) is 3.21. The minimum atomic E-state index is 0.134. The summed E-state index contributed by atoms with van der Waals surface area (Å²) in [5.41, 5.74) is 4.26. The predicted molar refractivity (Wildman–Crippen MR) is 112 cm³/mol. The van der Waals surface area contributed by atoms with Crippen molar-refractivity contribution in [3.05, 3.63) is 41.2 Å². The first-order valence-electron chi connectivity index (χ1n) is 10.1. The summed E-state index contributed by atoms with van der Waals surface area (Å²) >= 11 is 0. The number of aliphatic hydroxyl groups excluding tert-OH is 1. The molecule has 3 rings (SSSR count). The lowest BCUT2D eigenvalue weighted by atomic mass is 9.91. The monoisotopic (exact) mass is 399 g/mol. The van der Waals surface area contributed by atoms with Crippen LogP contribution in [0, 0.1) is 0 Å². The molecule has 0 radical (unpaired) electrons. The SMILES string of the molecule is CCOc1ccc(-c2nc(C3=CCCC(CNCCO)=C3C)no2)cc1OCC. The topological polar surface area (TPSA) is 89.6 Å². The van der Waals surface area contributed by atoms with Crippen molar-refractivity contribution in [2.75, 3.05) is 32.9 Å².